The third kappa shape index (κ3) is 5.09. The predicted molar refractivity (Wildman–Crippen MR) is 58.7 cm³/mol. The first-order chi connectivity index (χ1) is 5.99. The van der Waals surface area contributed by atoms with Crippen molar-refractivity contribution < 1.29 is 5.11 Å². The van der Waals surface area contributed by atoms with E-state index in [1.54, 1.807) is 0 Å². The lowest BCUT2D eigenvalue weighted by Crippen LogP contribution is -2.09. The fourth-order valence-corrected chi connectivity index (χ4v) is 1.82. The van der Waals surface area contributed by atoms with E-state index in [-0.39, 0.29) is 6.10 Å². The van der Waals surface area contributed by atoms with Gasteiger partial charge in [-0.3, -0.25) is 0 Å². The maximum Gasteiger partial charge on any atom is 0.0549 e. The summed E-state index contributed by atoms with van der Waals surface area (Å²) >= 11 is 0. The fraction of sp³-hybridized carbons (Fsp3) is 0.833. The Morgan fingerprint density at radius 3 is 2.08 bits per heavy atom. The minimum absolute atomic E-state index is 0.204. The second-order valence-corrected chi connectivity index (χ2v) is 4.27. The van der Waals surface area contributed by atoms with Gasteiger partial charge in [-0.15, -0.1) is 0 Å². The Morgan fingerprint density at radius 2 is 1.77 bits per heavy atom. The Balaban J connectivity index is 4.35. The highest BCUT2D eigenvalue weighted by Crippen LogP contribution is 2.24. The molecule has 1 N–H and O–H groups in total. The number of rotatable bonds is 5. The van der Waals surface area contributed by atoms with E-state index in [4.69, 9.17) is 0 Å². The topological polar surface area (TPSA) is 20.2 Å². The monoisotopic (exact) mass is 184 g/mol. The molecule has 0 amide bonds. The molecule has 1 nitrogen and oxygen atoms in total. The number of aliphatic hydroxyl groups excluding tert-OH is 1. The lowest BCUT2D eigenvalue weighted by atomic mass is 9.89. The standard InChI is InChI=1S/C12H24O/c1-6-7-10(4)12(9(2)3)8-11(5)13/h10-11,13H,6-8H2,1-5H3. The summed E-state index contributed by atoms with van der Waals surface area (Å²) in [6, 6.07) is 0. The van der Waals surface area contributed by atoms with Gasteiger partial charge in [0.05, 0.1) is 6.10 Å². The fourth-order valence-electron chi connectivity index (χ4n) is 1.82. The molecule has 0 aliphatic rings. The highest BCUT2D eigenvalue weighted by Gasteiger charge is 2.11. The van der Waals surface area contributed by atoms with Crippen LogP contribution in [0.4, 0.5) is 0 Å². The summed E-state index contributed by atoms with van der Waals surface area (Å²) in [4.78, 5) is 0. The van der Waals surface area contributed by atoms with Gasteiger partial charge in [-0.05, 0) is 39.5 Å². The molecule has 78 valence electrons. The summed E-state index contributed by atoms with van der Waals surface area (Å²) < 4.78 is 0. The Kier molecular flexibility index (Phi) is 6.06. The molecule has 0 aromatic carbocycles. The van der Waals surface area contributed by atoms with Crippen molar-refractivity contribution in [2.75, 3.05) is 0 Å². The highest BCUT2D eigenvalue weighted by molar-refractivity contribution is 5.13. The summed E-state index contributed by atoms with van der Waals surface area (Å²) in [6.45, 7) is 10.6. The molecule has 0 heterocycles. The van der Waals surface area contributed by atoms with Gasteiger partial charge >= 0.3 is 0 Å². The number of allylic oxidation sites excluding steroid dienone is 1. The summed E-state index contributed by atoms with van der Waals surface area (Å²) in [5.74, 6) is 0.629. The third-order valence-electron chi connectivity index (χ3n) is 2.47. The average Bonchev–Trinajstić information content (AvgIpc) is 1.99. The average molecular weight is 184 g/mol. The molecule has 13 heavy (non-hydrogen) atoms. The molecule has 0 fully saturated rings. The van der Waals surface area contributed by atoms with E-state index in [0.29, 0.717) is 5.92 Å². The Hall–Kier alpha value is -0.300. The second kappa shape index (κ2) is 6.20. The second-order valence-electron chi connectivity index (χ2n) is 4.27. The van der Waals surface area contributed by atoms with Gasteiger partial charge in [-0.25, -0.2) is 0 Å². The van der Waals surface area contributed by atoms with Crippen LogP contribution in [-0.2, 0) is 0 Å². The van der Waals surface area contributed by atoms with E-state index in [9.17, 15) is 5.11 Å². The van der Waals surface area contributed by atoms with Gasteiger partial charge in [0.15, 0.2) is 0 Å². The molecule has 0 spiro atoms. The van der Waals surface area contributed by atoms with Crippen LogP contribution in [0, 0.1) is 5.92 Å². The smallest absolute Gasteiger partial charge is 0.0549 e. The van der Waals surface area contributed by atoms with Gasteiger partial charge in [-0.2, -0.15) is 0 Å². The predicted octanol–water partition coefficient (Wildman–Crippen LogP) is 3.53. The van der Waals surface area contributed by atoms with Crippen molar-refractivity contribution in [2.45, 2.75) is 60.0 Å². The molecule has 0 saturated carbocycles. The van der Waals surface area contributed by atoms with E-state index in [2.05, 4.69) is 27.7 Å². The van der Waals surface area contributed by atoms with Gasteiger partial charge in [0.25, 0.3) is 0 Å². The maximum atomic E-state index is 9.35. The maximum absolute atomic E-state index is 9.35. The molecule has 0 radical (unpaired) electrons. The first-order valence-electron chi connectivity index (χ1n) is 5.33. The quantitative estimate of drug-likeness (QED) is 0.648. The summed E-state index contributed by atoms with van der Waals surface area (Å²) in [7, 11) is 0. The first-order valence-corrected chi connectivity index (χ1v) is 5.33. The molecule has 0 aromatic heterocycles. The van der Waals surface area contributed by atoms with Crippen LogP contribution < -0.4 is 0 Å². The van der Waals surface area contributed by atoms with Crippen molar-refractivity contribution in [3.05, 3.63) is 11.1 Å². The molecule has 2 unspecified atom stereocenters. The van der Waals surface area contributed by atoms with Gasteiger partial charge in [0.1, 0.15) is 0 Å². The minimum atomic E-state index is -0.204. The van der Waals surface area contributed by atoms with Crippen LogP contribution in [0.1, 0.15) is 53.9 Å². The van der Waals surface area contributed by atoms with E-state index in [1.165, 1.54) is 24.0 Å². The van der Waals surface area contributed by atoms with Crippen LogP contribution >= 0.6 is 0 Å². The number of hydrogen-bond donors (Lipinski definition) is 1. The summed E-state index contributed by atoms with van der Waals surface area (Å²) in [5, 5.41) is 9.35. The van der Waals surface area contributed by atoms with Crippen LogP contribution in [0.2, 0.25) is 0 Å². The van der Waals surface area contributed by atoms with E-state index < -0.39 is 0 Å². The van der Waals surface area contributed by atoms with E-state index in [0.717, 1.165) is 6.42 Å². The molecule has 0 aliphatic heterocycles. The first kappa shape index (κ1) is 12.7. The van der Waals surface area contributed by atoms with Crippen molar-refractivity contribution in [3.63, 3.8) is 0 Å². The van der Waals surface area contributed by atoms with Gasteiger partial charge < -0.3 is 5.11 Å². The lowest BCUT2D eigenvalue weighted by molar-refractivity contribution is 0.191. The number of aliphatic hydroxyl groups is 1. The van der Waals surface area contributed by atoms with Crippen LogP contribution in [0.25, 0.3) is 0 Å². The molecule has 2 atom stereocenters. The molecule has 1 heteroatoms. The van der Waals surface area contributed by atoms with Crippen molar-refractivity contribution in [1.29, 1.82) is 0 Å². The van der Waals surface area contributed by atoms with Crippen molar-refractivity contribution in [2.24, 2.45) is 5.92 Å². The molecule has 0 aliphatic carbocycles. The van der Waals surface area contributed by atoms with Crippen molar-refractivity contribution in [1.82, 2.24) is 0 Å². The van der Waals surface area contributed by atoms with Gasteiger partial charge in [0.2, 0.25) is 0 Å². The summed E-state index contributed by atoms with van der Waals surface area (Å²) in [6.07, 6.45) is 3.08. The zero-order valence-electron chi connectivity index (χ0n) is 9.72. The molecular weight excluding hydrogens is 160 g/mol. The largest absolute Gasteiger partial charge is 0.393 e. The lowest BCUT2D eigenvalue weighted by Gasteiger charge is -2.19. The highest BCUT2D eigenvalue weighted by atomic mass is 16.3. The van der Waals surface area contributed by atoms with Crippen LogP contribution in [-0.4, -0.2) is 11.2 Å². The molecular formula is C12H24O. The zero-order valence-corrected chi connectivity index (χ0v) is 9.72. The van der Waals surface area contributed by atoms with Crippen LogP contribution in [0.5, 0.6) is 0 Å². The van der Waals surface area contributed by atoms with E-state index >= 15 is 0 Å². The molecule has 0 aromatic rings. The minimum Gasteiger partial charge on any atom is -0.393 e. The van der Waals surface area contributed by atoms with Crippen molar-refractivity contribution >= 4 is 0 Å². The molecule has 0 rings (SSSR count). The summed E-state index contributed by atoms with van der Waals surface area (Å²) in [5.41, 5.74) is 2.82. The SMILES string of the molecule is CCCC(C)C(CC(C)O)=C(C)C. The Labute approximate surface area is 82.9 Å². The van der Waals surface area contributed by atoms with Gasteiger partial charge in [-0.1, -0.05) is 31.4 Å². The van der Waals surface area contributed by atoms with Crippen LogP contribution in [0.15, 0.2) is 11.1 Å². The normalized spacial score (nSPS) is 15.2. The molecule has 0 bridgehead atoms. The van der Waals surface area contributed by atoms with Crippen LogP contribution in [0.3, 0.4) is 0 Å². The zero-order chi connectivity index (χ0) is 10.4. The van der Waals surface area contributed by atoms with E-state index in [1.807, 2.05) is 6.92 Å². The van der Waals surface area contributed by atoms with Gasteiger partial charge in [0, 0.05) is 0 Å². The Bertz CT molecular complexity index is 164. The third-order valence-corrected chi connectivity index (χ3v) is 2.47. The Morgan fingerprint density at radius 1 is 1.23 bits per heavy atom. The number of hydrogen-bond acceptors (Lipinski definition) is 1. The van der Waals surface area contributed by atoms with Crippen molar-refractivity contribution in [3.8, 4) is 0 Å². The molecule has 0 saturated heterocycles.